The SMILES string of the molecule is O=C(NCc1ccc(OC(F)(F)F)c(F)c1)C1CCOc2ncccc21. The van der Waals surface area contributed by atoms with Gasteiger partial charge in [-0.05, 0) is 30.2 Å². The molecule has 0 saturated heterocycles. The molecule has 0 spiro atoms. The van der Waals surface area contributed by atoms with Crippen LogP contribution >= 0.6 is 0 Å². The Labute approximate surface area is 145 Å². The van der Waals surface area contributed by atoms with Crippen LogP contribution in [0.4, 0.5) is 17.6 Å². The van der Waals surface area contributed by atoms with Crippen molar-refractivity contribution in [1.82, 2.24) is 10.3 Å². The van der Waals surface area contributed by atoms with Gasteiger partial charge in [-0.2, -0.15) is 0 Å². The minimum Gasteiger partial charge on any atom is -0.477 e. The van der Waals surface area contributed by atoms with Crippen LogP contribution < -0.4 is 14.8 Å². The zero-order chi connectivity index (χ0) is 18.7. The van der Waals surface area contributed by atoms with E-state index in [0.717, 1.165) is 12.1 Å². The molecule has 1 aliphatic heterocycles. The number of pyridine rings is 1. The van der Waals surface area contributed by atoms with Crippen molar-refractivity contribution in [2.45, 2.75) is 25.2 Å². The number of nitrogens with one attached hydrogen (secondary N) is 1. The van der Waals surface area contributed by atoms with Crippen molar-refractivity contribution < 1.29 is 31.8 Å². The molecule has 0 radical (unpaired) electrons. The van der Waals surface area contributed by atoms with Gasteiger partial charge in [-0.15, -0.1) is 13.2 Å². The molecule has 26 heavy (non-hydrogen) atoms. The van der Waals surface area contributed by atoms with Gasteiger partial charge in [0.15, 0.2) is 11.6 Å². The average Bonchev–Trinajstić information content (AvgIpc) is 2.60. The molecule has 1 amide bonds. The third kappa shape index (κ3) is 4.22. The summed E-state index contributed by atoms with van der Waals surface area (Å²) < 4.78 is 59.1. The van der Waals surface area contributed by atoms with Crippen LogP contribution in [0.1, 0.15) is 23.5 Å². The average molecular weight is 370 g/mol. The van der Waals surface area contributed by atoms with Crippen LogP contribution in [0.15, 0.2) is 36.5 Å². The minimum atomic E-state index is -4.97. The number of carbonyl (C=O) groups excluding carboxylic acids is 1. The van der Waals surface area contributed by atoms with E-state index in [1.807, 2.05) is 0 Å². The lowest BCUT2D eigenvalue weighted by molar-refractivity contribution is -0.275. The Kier molecular flexibility index (Phi) is 4.97. The monoisotopic (exact) mass is 370 g/mol. The highest BCUT2D eigenvalue weighted by Gasteiger charge is 2.32. The van der Waals surface area contributed by atoms with Gasteiger partial charge in [0.2, 0.25) is 11.8 Å². The predicted octanol–water partition coefficient (Wildman–Crippen LogP) is 3.30. The molecule has 2 heterocycles. The normalized spacial score (nSPS) is 16.4. The molecule has 2 aromatic rings. The Morgan fingerprint density at radius 2 is 2.15 bits per heavy atom. The van der Waals surface area contributed by atoms with Crippen molar-refractivity contribution in [3.05, 3.63) is 53.5 Å². The number of alkyl halides is 3. The van der Waals surface area contributed by atoms with Gasteiger partial charge in [-0.1, -0.05) is 12.1 Å². The van der Waals surface area contributed by atoms with E-state index in [1.54, 1.807) is 18.3 Å². The van der Waals surface area contributed by atoms with Crippen molar-refractivity contribution in [3.63, 3.8) is 0 Å². The van der Waals surface area contributed by atoms with Gasteiger partial charge in [0.05, 0.1) is 12.5 Å². The van der Waals surface area contributed by atoms with Gasteiger partial charge < -0.3 is 14.8 Å². The summed E-state index contributed by atoms with van der Waals surface area (Å²) in [5.74, 6) is -2.42. The molecule has 0 saturated carbocycles. The lowest BCUT2D eigenvalue weighted by atomic mass is 9.94. The van der Waals surface area contributed by atoms with Gasteiger partial charge >= 0.3 is 6.36 Å². The summed E-state index contributed by atoms with van der Waals surface area (Å²) in [5.41, 5.74) is 0.972. The van der Waals surface area contributed by atoms with Gasteiger partial charge in [-0.3, -0.25) is 4.79 Å². The largest absolute Gasteiger partial charge is 0.573 e. The highest BCUT2D eigenvalue weighted by atomic mass is 19.4. The fourth-order valence-electron chi connectivity index (χ4n) is 2.66. The lowest BCUT2D eigenvalue weighted by Crippen LogP contribution is -2.32. The topological polar surface area (TPSA) is 60.5 Å². The minimum absolute atomic E-state index is 0.0327. The number of hydrogen-bond acceptors (Lipinski definition) is 4. The highest BCUT2D eigenvalue weighted by Crippen LogP contribution is 2.32. The Bertz CT molecular complexity index is 811. The van der Waals surface area contributed by atoms with Gasteiger partial charge in [-0.25, -0.2) is 9.37 Å². The Morgan fingerprint density at radius 1 is 1.35 bits per heavy atom. The summed E-state index contributed by atoms with van der Waals surface area (Å²) in [5, 5.41) is 2.65. The lowest BCUT2D eigenvalue weighted by Gasteiger charge is -2.24. The molecule has 1 aliphatic rings. The number of fused-ring (bicyclic) bond motifs is 1. The first-order valence-corrected chi connectivity index (χ1v) is 7.73. The number of halogens is 4. The fraction of sp³-hybridized carbons (Fsp3) is 0.294. The Hall–Kier alpha value is -2.84. The summed E-state index contributed by atoms with van der Waals surface area (Å²) in [4.78, 5) is 16.5. The van der Waals surface area contributed by atoms with Gasteiger partial charge in [0, 0.05) is 18.3 Å². The number of hydrogen-bond donors (Lipinski definition) is 1. The summed E-state index contributed by atoms with van der Waals surface area (Å²) in [6, 6.07) is 6.46. The number of rotatable bonds is 4. The van der Waals surface area contributed by atoms with E-state index in [9.17, 15) is 22.4 Å². The number of aromatic nitrogens is 1. The van der Waals surface area contributed by atoms with Crippen molar-refractivity contribution in [3.8, 4) is 11.6 Å². The van der Waals surface area contributed by atoms with Gasteiger partial charge in [0.1, 0.15) is 0 Å². The molecule has 0 aliphatic carbocycles. The molecule has 0 fully saturated rings. The molecular formula is C17H14F4N2O3. The smallest absolute Gasteiger partial charge is 0.477 e. The van der Waals surface area contributed by atoms with Crippen LogP contribution in [0.25, 0.3) is 0 Å². The van der Waals surface area contributed by atoms with E-state index >= 15 is 0 Å². The molecule has 3 rings (SSSR count). The van der Waals surface area contributed by atoms with Crippen LogP contribution in [0, 0.1) is 5.82 Å². The molecule has 138 valence electrons. The number of benzene rings is 1. The molecule has 5 nitrogen and oxygen atoms in total. The molecule has 1 unspecified atom stereocenters. The summed E-state index contributed by atoms with van der Waals surface area (Å²) >= 11 is 0. The molecule has 9 heteroatoms. The summed E-state index contributed by atoms with van der Waals surface area (Å²) in [6.45, 7) is 0.315. The molecule has 0 bridgehead atoms. The third-order valence-electron chi connectivity index (χ3n) is 3.83. The third-order valence-corrected chi connectivity index (χ3v) is 3.83. The highest BCUT2D eigenvalue weighted by molar-refractivity contribution is 5.84. The second-order valence-electron chi connectivity index (χ2n) is 5.62. The summed E-state index contributed by atoms with van der Waals surface area (Å²) in [7, 11) is 0. The van der Waals surface area contributed by atoms with E-state index in [-0.39, 0.29) is 12.5 Å². The first kappa shape index (κ1) is 18.0. The molecule has 1 atom stereocenters. The fourth-order valence-corrected chi connectivity index (χ4v) is 2.66. The maximum absolute atomic E-state index is 13.7. The quantitative estimate of drug-likeness (QED) is 0.839. The molecule has 1 N–H and O–H groups in total. The van der Waals surface area contributed by atoms with Crippen LogP contribution in [0.5, 0.6) is 11.6 Å². The zero-order valence-electron chi connectivity index (χ0n) is 13.3. The second kappa shape index (κ2) is 7.19. The maximum Gasteiger partial charge on any atom is 0.573 e. The Morgan fingerprint density at radius 3 is 2.88 bits per heavy atom. The first-order valence-electron chi connectivity index (χ1n) is 7.73. The van der Waals surface area contributed by atoms with Gasteiger partial charge in [0.25, 0.3) is 0 Å². The van der Waals surface area contributed by atoms with Crippen LogP contribution in [-0.4, -0.2) is 23.9 Å². The molecular weight excluding hydrogens is 356 g/mol. The second-order valence-corrected chi connectivity index (χ2v) is 5.62. The number of amides is 1. The van der Waals surface area contributed by atoms with E-state index in [2.05, 4.69) is 15.0 Å². The van der Waals surface area contributed by atoms with Crippen LogP contribution in [0.3, 0.4) is 0 Å². The first-order chi connectivity index (χ1) is 12.3. The van der Waals surface area contributed by atoms with Crippen LogP contribution in [0.2, 0.25) is 0 Å². The standard InChI is InChI=1S/C17H14F4N2O3/c18-13-8-10(3-4-14(13)26-17(19,20)21)9-23-15(24)11-5-7-25-16-12(11)2-1-6-22-16/h1-4,6,8,11H,5,7,9H2,(H,23,24). The predicted molar refractivity (Wildman–Crippen MR) is 82.0 cm³/mol. The van der Waals surface area contributed by atoms with E-state index in [0.29, 0.717) is 30.0 Å². The van der Waals surface area contributed by atoms with E-state index in [1.165, 1.54) is 6.07 Å². The number of carbonyl (C=O) groups is 1. The van der Waals surface area contributed by atoms with Crippen molar-refractivity contribution in [2.75, 3.05) is 6.61 Å². The van der Waals surface area contributed by atoms with E-state index in [4.69, 9.17) is 4.74 Å². The van der Waals surface area contributed by atoms with Crippen LogP contribution in [-0.2, 0) is 11.3 Å². The number of ether oxygens (including phenoxy) is 2. The maximum atomic E-state index is 13.7. The summed E-state index contributed by atoms with van der Waals surface area (Å²) in [6.07, 6.45) is -2.94. The molecule has 1 aromatic heterocycles. The molecule has 1 aromatic carbocycles. The zero-order valence-corrected chi connectivity index (χ0v) is 13.3. The van der Waals surface area contributed by atoms with E-state index < -0.39 is 23.8 Å². The number of nitrogens with zero attached hydrogens (tertiary/aromatic N) is 1. The van der Waals surface area contributed by atoms with Crippen molar-refractivity contribution >= 4 is 5.91 Å². The van der Waals surface area contributed by atoms with Crippen molar-refractivity contribution in [2.24, 2.45) is 0 Å². The van der Waals surface area contributed by atoms with Crippen molar-refractivity contribution in [1.29, 1.82) is 0 Å². The Balaban J connectivity index is 1.64.